The Kier molecular flexibility index (Phi) is 2.37. The SMILES string of the molecule is CCN1C2CCC1c1cc(Br)ccc1C2. The van der Waals surface area contributed by atoms with Crippen molar-refractivity contribution in [3.8, 4) is 0 Å². The molecule has 0 N–H and O–H groups in total. The molecule has 0 radical (unpaired) electrons. The fraction of sp³-hybridized carbons (Fsp3) is 0.538. The fourth-order valence-corrected chi connectivity index (χ4v) is 3.66. The topological polar surface area (TPSA) is 3.24 Å². The van der Waals surface area contributed by atoms with Gasteiger partial charge in [0.1, 0.15) is 0 Å². The summed E-state index contributed by atoms with van der Waals surface area (Å²) in [5, 5.41) is 0. The van der Waals surface area contributed by atoms with E-state index in [1.807, 2.05) is 0 Å². The first-order valence-corrected chi connectivity index (χ1v) is 6.63. The number of hydrogen-bond acceptors (Lipinski definition) is 1. The third-order valence-electron chi connectivity index (χ3n) is 3.93. The third kappa shape index (κ3) is 1.46. The van der Waals surface area contributed by atoms with Crippen LogP contribution in [0.3, 0.4) is 0 Å². The van der Waals surface area contributed by atoms with Gasteiger partial charge in [0.05, 0.1) is 0 Å². The van der Waals surface area contributed by atoms with Crippen molar-refractivity contribution in [3.05, 3.63) is 33.8 Å². The molecule has 0 amide bonds. The van der Waals surface area contributed by atoms with E-state index in [9.17, 15) is 0 Å². The van der Waals surface area contributed by atoms with Crippen molar-refractivity contribution in [2.75, 3.05) is 6.54 Å². The van der Waals surface area contributed by atoms with Crippen LogP contribution in [0, 0.1) is 0 Å². The first-order chi connectivity index (χ1) is 7.29. The third-order valence-corrected chi connectivity index (χ3v) is 4.42. The molecule has 0 spiro atoms. The van der Waals surface area contributed by atoms with Gasteiger partial charge >= 0.3 is 0 Å². The van der Waals surface area contributed by atoms with E-state index in [1.54, 1.807) is 11.1 Å². The van der Waals surface area contributed by atoms with E-state index in [1.165, 1.54) is 30.3 Å². The van der Waals surface area contributed by atoms with E-state index in [0.717, 1.165) is 6.04 Å². The lowest BCUT2D eigenvalue weighted by Crippen LogP contribution is -2.37. The van der Waals surface area contributed by atoms with Gasteiger partial charge in [-0.1, -0.05) is 28.9 Å². The van der Waals surface area contributed by atoms with E-state index < -0.39 is 0 Å². The predicted octanol–water partition coefficient (Wildman–Crippen LogP) is 3.53. The van der Waals surface area contributed by atoms with Gasteiger partial charge in [-0.05, 0) is 49.1 Å². The van der Waals surface area contributed by atoms with Gasteiger partial charge in [-0.3, -0.25) is 4.90 Å². The highest BCUT2D eigenvalue weighted by Crippen LogP contribution is 2.43. The molecular formula is C13H16BrN. The minimum Gasteiger partial charge on any atom is -0.293 e. The zero-order chi connectivity index (χ0) is 10.4. The molecule has 15 heavy (non-hydrogen) atoms. The van der Waals surface area contributed by atoms with Crippen molar-refractivity contribution >= 4 is 15.9 Å². The van der Waals surface area contributed by atoms with Gasteiger partial charge in [0, 0.05) is 16.6 Å². The Bertz CT molecular complexity index is 388. The second-order valence-electron chi connectivity index (χ2n) is 4.62. The smallest absolute Gasteiger partial charge is 0.0354 e. The lowest BCUT2D eigenvalue weighted by Gasteiger charge is -2.35. The van der Waals surface area contributed by atoms with Gasteiger partial charge in [-0.2, -0.15) is 0 Å². The second kappa shape index (κ2) is 3.60. The molecule has 2 heteroatoms. The van der Waals surface area contributed by atoms with E-state index in [2.05, 4.69) is 46.0 Å². The average Bonchev–Trinajstić information content (AvgIpc) is 2.55. The summed E-state index contributed by atoms with van der Waals surface area (Å²) in [5.41, 5.74) is 3.15. The number of rotatable bonds is 1. The highest BCUT2D eigenvalue weighted by Gasteiger charge is 2.38. The summed E-state index contributed by atoms with van der Waals surface area (Å²) in [6.45, 7) is 3.48. The Labute approximate surface area is 99.6 Å². The van der Waals surface area contributed by atoms with Gasteiger partial charge in [0.2, 0.25) is 0 Å². The number of likely N-dealkylation sites (N-methyl/N-ethyl adjacent to an activating group) is 1. The zero-order valence-corrected chi connectivity index (χ0v) is 10.6. The summed E-state index contributed by atoms with van der Waals surface area (Å²) in [7, 11) is 0. The number of hydrogen-bond donors (Lipinski definition) is 0. The van der Waals surface area contributed by atoms with Gasteiger partial charge in [-0.25, -0.2) is 0 Å². The molecule has 0 aromatic heterocycles. The number of halogens is 1. The normalized spacial score (nSPS) is 29.2. The molecule has 1 fully saturated rings. The molecule has 1 aromatic carbocycles. The van der Waals surface area contributed by atoms with Gasteiger partial charge < -0.3 is 0 Å². The minimum absolute atomic E-state index is 0.696. The molecule has 1 saturated heterocycles. The standard InChI is InChI=1S/C13H16BrN/c1-2-15-11-5-6-13(15)12-8-10(14)4-3-9(12)7-11/h3-4,8,11,13H,2,5-7H2,1H3. The molecule has 2 heterocycles. The molecule has 1 aromatic rings. The lowest BCUT2D eigenvalue weighted by molar-refractivity contribution is 0.188. The molecule has 2 aliphatic rings. The van der Waals surface area contributed by atoms with Crippen molar-refractivity contribution in [2.24, 2.45) is 0 Å². The van der Waals surface area contributed by atoms with E-state index in [-0.39, 0.29) is 0 Å². The van der Waals surface area contributed by atoms with E-state index >= 15 is 0 Å². The minimum atomic E-state index is 0.696. The predicted molar refractivity (Wildman–Crippen MR) is 66.0 cm³/mol. The first-order valence-electron chi connectivity index (χ1n) is 5.83. The van der Waals surface area contributed by atoms with Crippen LogP contribution in [0.5, 0.6) is 0 Å². The van der Waals surface area contributed by atoms with Gasteiger partial charge in [-0.15, -0.1) is 0 Å². The maximum Gasteiger partial charge on any atom is 0.0354 e. The first kappa shape index (κ1) is 9.86. The zero-order valence-electron chi connectivity index (χ0n) is 9.04. The van der Waals surface area contributed by atoms with Crippen LogP contribution in [-0.2, 0) is 6.42 Å². The van der Waals surface area contributed by atoms with Crippen molar-refractivity contribution in [2.45, 2.75) is 38.3 Å². The highest BCUT2D eigenvalue weighted by atomic mass is 79.9. The van der Waals surface area contributed by atoms with Crippen molar-refractivity contribution in [3.63, 3.8) is 0 Å². The van der Waals surface area contributed by atoms with E-state index in [4.69, 9.17) is 0 Å². The molecule has 2 aliphatic heterocycles. The molecule has 0 aliphatic carbocycles. The summed E-state index contributed by atoms with van der Waals surface area (Å²) in [4.78, 5) is 2.68. The molecular weight excluding hydrogens is 250 g/mol. The molecule has 2 bridgehead atoms. The monoisotopic (exact) mass is 265 g/mol. The quantitative estimate of drug-likeness (QED) is 0.751. The highest BCUT2D eigenvalue weighted by molar-refractivity contribution is 9.10. The maximum atomic E-state index is 3.58. The van der Waals surface area contributed by atoms with Crippen LogP contribution in [0.4, 0.5) is 0 Å². The van der Waals surface area contributed by atoms with Crippen LogP contribution >= 0.6 is 15.9 Å². The van der Waals surface area contributed by atoms with Crippen molar-refractivity contribution in [1.82, 2.24) is 4.90 Å². The van der Waals surface area contributed by atoms with Crippen LogP contribution in [0.2, 0.25) is 0 Å². The largest absolute Gasteiger partial charge is 0.293 e. The van der Waals surface area contributed by atoms with Crippen LogP contribution in [0.25, 0.3) is 0 Å². The second-order valence-corrected chi connectivity index (χ2v) is 5.54. The summed E-state index contributed by atoms with van der Waals surface area (Å²) >= 11 is 3.58. The molecule has 2 atom stereocenters. The van der Waals surface area contributed by atoms with Crippen molar-refractivity contribution in [1.29, 1.82) is 0 Å². The van der Waals surface area contributed by atoms with Crippen LogP contribution in [0.15, 0.2) is 22.7 Å². The summed E-state index contributed by atoms with van der Waals surface area (Å²) in [6.07, 6.45) is 3.99. The molecule has 1 nitrogen and oxygen atoms in total. The van der Waals surface area contributed by atoms with Crippen molar-refractivity contribution < 1.29 is 0 Å². The van der Waals surface area contributed by atoms with E-state index in [0.29, 0.717) is 6.04 Å². The van der Waals surface area contributed by atoms with Crippen LogP contribution in [0.1, 0.15) is 36.9 Å². The summed E-state index contributed by atoms with van der Waals surface area (Å²) in [5.74, 6) is 0. The average molecular weight is 266 g/mol. The fourth-order valence-electron chi connectivity index (χ4n) is 3.28. The molecule has 3 rings (SSSR count). The summed E-state index contributed by atoms with van der Waals surface area (Å²) < 4.78 is 1.22. The number of benzene rings is 1. The Morgan fingerprint density at radius 2 is 2.27 bits per heavy atom. The molecule has 2 unspecified atom stereocenters. The summed E-state index contributed by atoms with van der Waals surface area (Å²) in [6, 6.07) is 8.32. The molecule has 80 valence electrons. The Morgan fingerprint density at radius 3 is 3.07 bits per heavy atom. The Balaban J connectivity index is 2.07. The van der Waals surface area contributed by atoms with Crippen LogP contribution < -0.4 is 0 Å². The lowest BCUT2D eigenvalue weighted by atomic mass is 9.93. The van der Waals surface area contributed by atoms with Crippen LogP contribution in [-0.4, -0.2) is 17.5 Å². The Morgan fingerprint density at radius 1 is 1.40 bits per heavy atom. The maximum absolute atomic E-state index is 3.58. The molecule has 0 saturated carbocycles. The van der Waals surface area contributed by atoms with Gasteiger partial charge in [0.15, 0.2) is 0 Å². The number of nitrogens with zero attached hydrogens (tertiary/aromatic N) is 1. The number of fused-ring (bicyclic) bond motifs is 4. The van der Waals surface area contributed by atoms with Gasteiger partial charge in [0.25, 0.3) is 0 Å². The Hall–Kier alpha value is -0.340.